The zero-order valence-corrected chi connectivity index (χ0v) is 19.0. The molecule has 0 N–H and O–H groups in total. The quantitative estimate of drug-likeness (QED) is 0.169. The molecule has 5 rings (SSSR count). The number of amides is 3. The van der Waals surface area contributed by atoms with Crippen molar-refractivity contribution in [2.45, 2.75) is 0 Å². The highest BCUT2D eigenvalue weighted by molar-refractivity contribution is 7.22. The zero-order chi connectivity index (χ0) is 25.4. The summed E-state index contributed by atoms with van der Waals surface area (Å²) in [6, 6.07) is 15.7. The summed E-state index contributed by atoms with van der Waals surface area (Å²) >= 11 is 0.999. The molecule has 0 unspecified atom stereocenters. The van der Waals surface area contributed by atoms with Gasteiger partial charge in [0.1, 0.15) is 12.4 Å². The maximum absolute atomic E-state index is 13.7. The van der Waals surface area contributed by atoms with Crippen LogP contribution >= 0.6 is 11.3 Å². The average Bonchev–Trinajstić information content (AvgIpc) is 3.39. The fraction of sp³-hybridized carbons (Fsp3) is 0.0417. The van der Waals surface area contributed by atoms with Crippen LogP contribution in [-0.2, 0) is 4.79 Å². The number of non-ortho nitro benzene ring substituents is 1. The van der Waals surface area contributed by atoms with Crippen molar-refractivity contribution in [1.29, 1.82) is 0 Å². The molecule has 0 radical (unpaired) electrons. The molecule has 4 aromatic rings. The second kappa shape index (κ2) is 9.07. The highest BCUT2D eigenvalue weighted by atomic mass is 32.1. The first-order valence-corrected chi connectivity index (χ1v) is 11.3. The molecule has 3 aromatic carbocycles. The predicted molar refractivity (Wildman–Crippen MR) is 130 cm³/mol. The third-order valence-corrected chi connectivity index (χ3v) is 6.35. The molecule has 1 aromatic heterocycles. The molecular weight excluding hydrogens is 489 g/mol. The molecule has 0 bridgehead atoms. The highest BCUT2D eigenvalue weighted by Crippen LogP contribution is 2.30. The van der Waals surface area contributed by atoms with E-state index < -0.39 is 35.0 Å². The number of nitrogens with zero attached hydrogens (tertiary/aromatic N) is 5. The number of rotatable bonds is 6. The van der Waals surface area contributed by atoms with E-state index in [1.165, 1.54) is 60.8 Å². The van der Waals surface area contributed by atoms with E-state index in [0.29, 0.717) is 15.8 Å². The zero-order valence-electron chi connectivity index (χ0n) is 18.2. The van der Waals surface area contributed by atoms with Gasteiger partial charge in [0.05, 0.1) is 32.5 Å². The summed E-state index contributed by atoms with van der Waals surface area (Å²) in [4.78, 5) is 54.3. The van der Waals surface area contributed by atoms with Crippen LogP contribution in [0.2, 0.25) is 0 Å². The molecule has 0 spiro atoms. The first kappa shape index (κ1) is 22.9. The Labute approximate surface area is 206 Å². The lowest BCUT2D eigenvalue weighted by Crippen LogP contribution is -2.41. The number of thiazole rings is 1. The number of benzene rings is 3. The molecule has 1 aliphatic heterocycles. The molecule has 10 nitrogen and oxygen atoms in total. The Kier molecular flexibility index (Phi) is 5.78. The average molecular weight is 503 g/mol. The minimum absolute atomic E-state index is 0.0929. The first-order valence-electron chi connectivity index (χ1n) is 10.4. The van der Waals surface area contributed by atoms with Crippen molar-refractivity contribution >= 4 is 56.3 Å². The maximum atomic E-state index is 13.7. The van der Waals surface area contributed by atoms with Crippen LogP contribution in [-0.4, -0.2) is 45.3 Å². The molecule has 178 valence electrons. The molecule has 2 heterocycles. The fourth-order valence-electron chi connectivity index (χ4n) is 3.59. The number of aromatic nitrogens is 1. The monoisotopic (exact) mass is 503 g/mol. The van der Waals surface area contributed by atoms with Gasteiger partial charge in [0.25, 0.3) is 23.4 Å². The van der Waals surface area contributed by atoms with Crippen molar-refractivity contribution in [3.8, 4) is 0 Å². The predicted octanol–water partition coefficient (Wildman–Crippen LogP) is 4.01. The lowest BCUT2D eigenvalue weighted by molar-refractivity contribution is -0.384. The van der Waals surface area contributed by atoms with Crippen LogP contribution in [0.3, 0.4) is 0 Å². The van der Waals surface area contributed by atoms with E-state index in [2.05, 4.69) is 10.1 Å². The molecule has 3 amide bonds. The summed E-state index contributed by atoms with van der Waals surface area (Å²) in [6.45, 7) is -0.603. The summed E-state index contributed by atoms with van der Waals surface area (Å²) in [6.07, 6.45) is 1.29. The second-order valence-corrected chi connectivity index (χ2v) is 8.66. The van der Waals surface area contributed by atoms with Crippen LogP contribution in [0.1, 0.15) is 26.3 Å². The number of nitro groups is 1. The SMILES string of the molecule is O=C1c2ccccc2C(=O)N1CC(=O)N(/N=C/c1ccc([N+](=O)[O-])cc1)c1nc2ccc(F)cc2s1. The lowest BCUT2D eigenvalue weighted by Gasteiger charge is -2.18. The molecule has 0 saturated heterocycles. The Hall–Kier alpha value is -4.84. The van der Waals surface area contributed by atoms with Crippen LogP contribution in [0.4, 0.5) is 15.2 Å². The minimum atomic E-state index is -0.734. The number of nitro benzene ring substituents is 1. The maximum Gasteiger partial charge on any atom is 0.269 e. The molecule has 1 aliphatic rings. The number of imide groups is 1. The van der Waals surface area contributed by atoms with Crippen molar-refractivity contribution in [2.75, 3.05) is 11.6 Å². The van der Waals surface area contributed by atoms with Gasteiger partial charge in [0.2, 0.25) is 5.13 Å². The van der Waals surface area contributed by atoms with Crippen molar-refractivity contribution < 1.29 is 23.7 Å². The number of carbonyl (C=O) groups is 3. The molecule has 36 heavy (non-hydrogen) atoms. The van der Waals surface area contributed by atoms with E-state index in [-0.39, 0.29) is 21.9 Å². The molecular formula is C24H14FN5O5S. The number of fused-ring (bicyclic) bond motifs is 2. The van der Waals surface area contributed by atoms with Gasteiger partial charge in [0.15, 0.2) is 0 Å². The largest absolute Gasteiger partial charge is 0.270 e. The van der Waals surface area contributed by atoms with Crippen LogP contribution in [0.5, 0.6) is 0 Å². The van der Waals surface area contributed by atoms with E-state index in [4.69, 9.17) is 0 Å². The van der Waals surface area contributed by atoms with Gasteiger partial charge in [-0.1, -0.05) is 23.5 Å². The fourth-order valence-corrected chi connectivity index (χ4v) is 4.55. The van der Waals surface area contributed by atoms with E-state index in [1.54, 1.807) is 12.1 Å². The van der Waals surface area contributed by atoms with Gasteiger partial charge in [0, 0.05) is 12.1 Å². The topological polar surface area (TPSA) is 126 Å². The Morgan fingerprint density at radius 3 is 2.39 bits per heavy atom. The number of anilines is 1. The van der Waals surface area contributed by atoms with Gasteiger partial charge in [-0.15, -0.1) is 0 Å². The number of hydrogen-bond donors (Lipinski definition) is 0. The van der Waals surface area contributed by atoms with E-state index in [0.717, 1.165) is 21.2 Å². The second-order valence-electron chi connectivity index (χ2n) is 7.65. The molecule has 0 aliphatic carbocycles. The molecule has 0 fully saturated rings. The molecule has 0 saturated carbocycles. The van der Waals surface area contributed by atoms with E-state index in [9.17, 15) is 28.9 Å². The van der Waals surface area contributed by atoms with Gasteiger partial charge in [-0.25, -0.2) is 9.37 Å². The summed E-state index contributed by atoms with van der Waals surface area (Å²) in [5, 5.41) is 16.1. The minimum Gasteiger partial charge on any atom is -0.270 e. The molecule has 12 heteroatoms. The summed E-state index contributed by atoms with van der Waals surface area (Å²) in [7, 11) is 0. The van der Waals surface area contributed by atoms with Crippen molar-refractivity contribution in [3.05, 3.63) is 99.4 Å². The van der Waals surface area contributed by atoms with E-state index in [1.807, 2.05) is 0 Å². The van der Waals surface area contributed by atoms with Gasteiger partial charge in [-0.05, 0) is 48.0 Å². The number of carbonyl (C=O) groups excluding carboxylic acids is 3. The number of halogens is 1. The van der Waals surface area contributed by atoms with Crippen LogP contribution in [0.25, 0.3) is 10.2 Å². The Morgan fingerprint density at radius 1 is 1.08 bits per heavy atom. The van der Waals surface area contributed by atoms with Gasteiger partial charge in [-0.2, -0.15) is 10.1 Å². The van der Waals surface area contributed by atoms with Crippen molar-refractivity contribution in [2.24, 2.45) is 5.10 Å². The normalized spacial score (nSPS) is 13.0. The van der Waals surface area contributed by atoms with Gasteiger partial charge < -0.3 is 0 Å². The summed E-state index contributed by atoms with van der Waals surface area (Å²) < 4.78 is 14.2. The summed E-state index contributed by atoms with van der Waals surface area (Å²) in [5.74, 6) is -2.41. The first-order chi connectivity index (χ1) is 17.3. The number of hydrogen-bond acceptors (Lipinski definition) is 8. The number of hydrazone groups is 1. The van der Waals surface area contributed by atoms with Gasteiger partial charge >= 0.3 is 0 Å². The van der Waals surface area contributed by atoms with Crippen LogP contribution < -0.4 is 5.01 Å². The Balaban J connectivity index is 1.47. The highest BCUT2D eigenvalue weighted by Gasteiger charge is 2.37. The van der Waals surface area contributed by atoms with Gasteiger partial charge in [-0.3, -0.25) is 29.4 Å². The van der Waals surface area contributed by atoms with Crippen molar-refractivity contribution in [3.63, 3.8) is 0 Å². The lowest BCUT2D eigenvalue weighted by atomic mass is 10.1. The smallest absolute Gasteiger partial charge is 0.269 e. The Bertz CT molecular complexity index is 1550. The van der Waals surface area contributed by atoms with Crippen LogP contribution in [0, 0.1) is 15.9 Å². The van der Waals surface area contributed by atoms with Crippen molar-refractivity contribution in [1.82, 2.24) is 9.88 Å². The Morgan fingerprint density at radius 2 is 1.75 bits per heavy atom. The van der Waals surface area contributed by atoms with E-state index >= 15 is 0 Å². The standard InChI is InChI=1S/C24H14FN5O5S/c25-15-7-10-19-20(11-15)36-24(27-19)29(26-12-14-5-8-16(9-6-14)30(34)35)21(31)13-28-22(32)17-3-1-2-4-18(17)23(28)33/h1-12H,13H2/b26-12+. The third-order valence-electron chi connectivity index (χ3n) is 5.35. The molecule has 0 atom stereocenters. The summed E-state index contributed by atoms with van der Waals surface area (Å²) in [5.41, 5.74) is 1.17. The van der Waals surface area contributed by atoms with Crippen LogP contribution in [0.15, 0.2) is 71.8 Å². The third kappa shape index (κ3) is 4.20.